The van der Waals surface area contributed by atoms with Crippen LogP contribution in [0.25, 0.3) is 0 Å². The molecule has 1 amide bonds. The van der Waals surface area contributed by atoms with E-state index in [-0.39, 0.29) is 23.7 Å². The number of aryl methyl sites for hydroxylation is 1. The Morgan fingerprint density at radius 1 is 1.50 bits per heavy atom. The zero-order valence-corrected chi connectivity index (χ0v) is 14.4. The first-order valence-corrected chi connectivity index (χ1v) is 7.68. The highest BCUT2D eigenvalue weighted by molar-refractivity contribution is 9.10. The lowest BCUT2D eigenvalue weighted by Crippen LogP contribution is -2.43. The number of amides is 1. The Morgan fingerprint density at radius 3 is 2.75 bits per heavy atom. The maximum atomic E-state index is 12.3. The van der Waals surface area contributed by atoms with Gasteiger partial charge in [-0.2, -0.15) is 0 Å². The summed E-state index contributed by atoms with van der Waals surface area (Å²) in [6.07, 6.45) is 4.18. The van der Waals surface area contributed by atoms with Gasteiger partial charge in [-0.25, -0.2) is 0 Å². The molecule has 114 valence electrons. The summed E-state index contributed by atoms with van der Waals surface area (Å²) in [5.41, 5.74) is 0.953. The predicted molar refractivity (Wildman–Crippen MR) is 87.6 cm³/mol. The minimum absolute atomic E-state index is 0. The molecular weight excluding hydrogens is 342 g/mol. The van der Waals surface area contributed by atoms with E-state index in [9.17, 15) is 4.79 Å². The highest BCUT2D eigenvalue weighted by Gasteiger charge is 2.27. The van der Waals surface area contributed by atoms with Gasteiger partial charge in [0.1, 0.15) is 5.69 Å². The normalized spacial score (nSPS) is 17.4. The zero-order valence-electron chi connectivity index (χ0n) is 12.0. The second kappa shape index (κ2) is 7.48. The number of rotatable bonds is 4. The van der Waals surface area contributed by atoms with Crippen LogP contribution in [0.2, 0.25) is 0 Å². The van der Waals surface area contributed by atoms with E-state index in [1.807, 2.05) is 23.8 Å². The number of hydrogen-bond donors (Lipinski definition) is 2. The molecule has 0 atom stereocenters. The van der Waals surface area contributed by atoms with Crippen LogP contribution in [0.4, 0.5) is 0 Å². The van der Waals surface area contributed by atoms with E-state index in [2.05, 4.69) is 33.5 Å². The summed E-state index contributed by atoms with van der Waals surface area (Å²) >= 11 is 3.42. The van der Waals surface area contributed by atoms with Crippen LogP contribution in [0, 0.1) is 5.41 Å². The molecule has 1 aromatic rings. The third kappa shape index (κ3) is 4.24. The van der Waals surface area contributed by atoms with Gasteiger partial charge in [0.25, 0.3) is 5.91 Å². The average Bonchev–Trinajstić information content (AvgIpc) is 2.78. The van der Waals surface area contributed by atoms with Crippen molar-refractivity contribution in [3.63, 3.8) is 0 Å². The summed E-state index contributed by atoms with van der Waals surface area (Å²) in [6, 6.07) is 1.88. The minimum atomic E-state index is 0. The molecule has 0 unspecified atom stereocenters. The first-order valence-electron chi connectivity index (χ1n) is 6.89. The topological polar surface area (TPSA) is 46.1 Å². The highest BCUT2D eigenvalue weighted by atomic mass is 79.9. The summed E-state index contributed by atoms with van der Waals surface area (Å²) in [5.74, 6) is 0.0207. The molecule has 6 heteroatoms. The lowest BCUT2D eigenvalue weighted by atomic mass is 9.81. The van der Waals surface area contributed by atoms with Crippen LogP contribution in [0.15, 0.2) is 16.7 Å². The second-order valence-electron chi connectivity index (χ2n) is 5.57. The molecule has 1 aromatic heterocycles. The van der Waals surface area contributed by atoms with E-state index in [0.717, 1.165) is 49.2 Å². The third-order valence-electron chi connectivity index (χ3n) is 3.92. The zero-order chi connectivity index (χ0) is 13.9. The Bertz CT molecular complexity index is 455. The standard InChI is InChI=1S/C14H22BrN3O.ClH/c1-3-18-9-11(15)8-12(18)13(19)17-10-14(2)4-6-16-7-5-14;/h8-9,16H,3-7,10H2,1-2H3,(H,17,19);1H. The fraction of sp³-hybridized carbons (Fsp3) is 0.643. The Labute approximate surface area is 135 Å². The van der Waals surface area contributed by atoms with Gasteiger partial charge in [-0.05, 0) is 60.3 Å². The molecular formula is C14H23BrClN3O. The van der Waals surface area contributed by atoms with E-state index in [4.69, 9.17) is 0 Å². The highest BCUT2D eigenvalue weighted by Crippen LogP contribution is 2.26. The average molecular weight is 365 g/mol. The fourth-order valence-corrected chi connectivity index (χ4v) is 2.98. The van der Waals surface area contributed by atoms with Crippen molar-refractivity contribution in [2.75, 3.05) is 19.6 Å². The first kappa shape index (κ1) is 17.5. The largest absolute Gasteiger partial charge is 0.350 e. The fourth-order valence-electron chi connectivity index (χ4n) is 2.52. The van der Waals surface area contributed by atoms with Crippen LogP contribution in [-0.4, -0.2) is 30.1 Å². The van der Waals surface area contributed by atoms with Gasteiger partial charge >= 0.3 is 0 Å². The van der Waals surface area contributed by atoms with Crippen molar-refractivity contribution in [2.24, 2.45) is 5.41 Å². The van der Waals surface area contributed by atoms with Crippen molar-refractivity contribution in [3.05, 3.63) is 22.4 Å². The maximum Gasteiger partial charge on any atom is 0.267 e. The summed E-state index contributed by atoms with van der Waals surface area (Å²) in [4.78, 5) is 12.3. The number of carbonyl (C=O) groups is 1. The third-order valence-corrected chi connectivity index (χ3v) is 4.36. The SMILES string of the molecule is CCn1cc(Br)cc1C(=O)NCC1(C)CCNCC1.Cl. The lowest BCUT2D eigenvalue weighted by molar-refractivity contribution is 0.0913. The van der Waals surface area contributed by atoms with Crippen molar-refractivity contribution in [1.82, 2.24) is 15.2 Å². The molecule has 20 heavy (non-hydrogen) atoms. The molecule has 0 saturated carbocycles. The number of nitrogens with one attached hydrogen (secondary N) is 2. The minimum Gasteiger partial charge on any atom is -0.350 e. The summed E-state index contributed by atoms with van der Waals surface area (Å²) < 4.78 is 2.91. The second-order valence-corrected chi connectivity index (χ2v) is 6.49. The molecule has 0 bridgehead atoms. The van der Waals surface area contributed by atoms with Gasteiger partial charge in [-0.15, -0.1) is 12.4 Å². The van der Waals surface area contributed by atoms with Gasteiger partial charge < -0.3 is 15.2 Å². The molecule has 2 heterocycles. The molecule has 0 radical (unpaired) electrons. The Kier molecular flexibility index (Phi) is 6.55. The molecule has 2 rings (SSSR count). The Morgan fingerprint density at radius 2 is 2.15 bits per heavy atom. The quantitative estimate of drug-likeness (QED) is 0.863. The van der Waals surface area contributed by atoms with Gasteiger partial charge in [0, 0.05) is 23.8 Å². The van der Waals surface area contributed by atoms with Crippen molar-refractivity contribution in [2.45, 2.75) is 33.2 Å². The van der Waals surface area contributed by atoms with Crippen LogP contribution >= 0.6 is 28.3 Å². The number of halogens is 2. The smallest absolute Gasteiger partial charge is 0.267 e. The molecule has 4 nitrogen and oxygen atoms in total. The number of carbonyl (C=O) groups excluding carboxylic acids is 1. The molecule has 1 saturated heterocycles. The Hall–Kier alpha value is -0.520. The molecule has 2 N–H and O–H groups in total. The van der Waals surface area contributed by atoms with Crippen LogP contribution in [0.3, 0.4) is 0 Å². The monoisotopic (exact) mass is 363 g/mol. The van der Waals surface area contributed by atoms with Gasteiger partial charge in [-0.3, -0.25) is 4.79 Å². The van der Waals surface area contributed by atoms with Crippen molar-refractivity contribution in [1.29, 1.82) is 0 Å². The van der Waals surface area contributed by atoms with E-state index in [1.54, 1.807) is 0 Å². The lowest BCUT2D eigenvalue weighted by Gasteiger charge is -2.34. The number of aromatic nitrogens is 1. The molecule has 0 spiro atoms. The van der Waals surface area contributed by atoms with Gasteiger partial charge in [0.05, 0.1) is 0 Å². The van der Waals surface area contributed by atoms with E-state index in [1.165, 1.54) is 0 Å². The van der Waals surface area contributed by atoms with Crippen LogP contribution in [0.5, 0.6) is 0 Å². The summed E-state index contributed by atoms with van der Waals surface area (Å²) in [6.45, 7) is 7.93. The van der Waals surface area contributed by atoms with Crippen LogP contribution < -0.4 is 10.6 Å². The maximum absolute atomic E-state index is 12.3. The molecule has 0 aromatic carbocycles. The molecule has 1 aliphatic heterocycles. The van der Waals surface area contributed by atoms with Crippen LogP contribution in [-0.2, 0) is 6.54 Å². The molecule has 1 aliphatic rings. The van der Waals surface area contributed by atoms with E-state index >= 15 is 0 Å². The van der Waals surface area contributed by atoms with E-state index in [0.29, 0.717) is 0 Å². The Balaban J connectivity index is 0.00000200. The van der Waals surface area contributed by atoms with Gasteiger partial charge in [-0.1, -0.05) is 6.92 Å². The molecule has 1 fully saturated rings. The summed E-state index contributed by atoms with van der Waals surface area (Å²) in [5, 5.41) is 6.45. The van der Waals surface area contributed by atoms with Crippen LogP contribution in [0.1, 0.15) is 37.2 Å². The first-order chi connectivity index (χ1) is 9.04. The van der Waals surface area contributed by atoms with E-state index < -0.39 is 0 Å². The van der Waals surface area contributed by atoms with Gasteiger partial charge in [0.15, 0.2) is 0 Å². The van der Waals surface area contributed by atoms with Crippen molar-refractivity contribution in [3.8, 4) is 0 Å². The van der Waals surface area contributed by atoms with Gasteiger partial charge in [0.2, 0.25) is 0 Å². The summed E-state index contributed by atoms with van der Waals surface area (Å²) in [7, 11) is 0. The van der Waals surface area contributed by atoms with Crippen molar-refractivity contribution < 1.29 is 4.79 Å². The molecule has 0 aliphatic carbocycles. The number of piperidine rings is 1. The van der Waals surface area contributed by atoms with Crippen molar-refractivity contribution >= 4 is 34.2 Å². The number of hydrogen-bond acceptors (Lipinski definition) is 2. The number of nitrogens with zero attached hydrogens (tertiary/aromatic N) is 1. The predicted octanol–water partition coefficient (Wildman–Crippen LogP) is 2.81.